The van der Waals surface area contributed by atoms with Crippen LogP contribution in [-0.2, 0) is 11.3 Å². The monoisotopic (exact) mass is 292 g/mol. The van der Waals surface area contributed by atoms with Crippen LogP contribution in [0.5, 0.6) is 0 Å². The molecule has 0 aromatic heterocycles. The topological polar surface area (TPSA) is 46.3 Å². The second-order valence-electron chi connectivity index (χ2n) is 5.46. The number of amides is 1. The Morgan fingerprint density at radius 2 is 1.68 bits per heavy atom. The summed E-state index contributed by atoms with van der Waals surface area (Å²) in [7, 11) is 0. The van der Waals surface area contributed by atoms with Gasteiger partial charge in [0.1, 0.15) is 0 Å². The first-order valence-electron chi connectivity index (χ1n) is 7.65. The molecule has 3 rings (SSSR count). The quantitative estimate of drug-likeness (QED) is 0.942. The zero-order chi connectivity index (χ0) is 15.4. The number of nitrogens with two attached hydrogens (primary N) is 1. The van der Waals surface area contributed by atoms with Crippen molar-refractivity contribution >= 4 is 23.7 Å². The minimum absolute atomic E-state index is 0.128. The van der Waals surface area contributed by atoms with Crippen LogP contribution >= 0.6 is 0 Å². The fraction of sp³-hybridized carbons (Fsp3) is 0.211. The Bertz CT molecular complexity index is 706. The van der Waals surface area contributed by atoms with Gasteiger partial charge in [-0.3, -0.25) is 4.79 Å². The molecule has 1 aliphatic heterocycles. The third-order valence-corrected chi connectivity index (χ3v) is 3.95. The molecule has 0 saturated carbocycles. The Hall–Kier alpha value is -2.39. The lowest BCUT2D eigenvalue weighted by molar-refractivity contribution is -0.118. The van der Waals surface area contributed by atoms with Gasteiger partial charge in [0.25, 0.3) is 0 Å². The molecule has 112 valence electrons. The molecule has 0 bridgehead atoms. The highest BCUT2D eigenvalue weighted by Gasteiger charge is 2.20. The van der Waals surface area contributed by atoms with Crippen LogP contribution in [0.1, 0.15) is 29.5 Å². The fourth-order valence-corrected chi connectivity index (χ4v) is 2.76. The lowest BCUT2D eigenvalue weighted by Crippen LogP contribution is -2.31. The van der Waals surface area contributed by atoms with Crippen molar-refractivity contribution in [2.75, 3.05) is 11.4 Å². The molecule has 2 aromatic carbocycles. The van der Waals surface area contributed by atoms with E-state index in [4.69, 9.17) is 5.73 Å². The summed E-state index contributed by atoms with van der Waals surface area (Å²) in [5.74, 6) is 0.128. The lowest BCUT2D eigenvalue weighted by Gasteiger charge is -2.27. The molecule has 0 aliphatic carbocycles. The summed E-state index contributed by atoms with van der Waals surface area (Å²) >= 11 is 0. The van der Waals surface area contributed by atoms with Gasteiger partial charge in [0.05, 0.1) is 12.2 Å². The van der Waals surface area contributed by atoms with Crippen LogP contribution in [-0.4, -0.2) is 12.5 Å². The fourth-order valence-electron chi connectivity index (χ4n) is 2.76. The summed E-state index contributed by atoms with van der Waals surface area (Å²) in [6, 6.07) is 16.2. The van der Waals surface area contributed by atoms with Gasteiger partial charge in [0.15, 0.2) is 0 Å². The first-order valence-corrected chi connectivity index (χ1v) is 7.65. The first kappa shape index (κ1) is 14.5. The summed E-state index contributed by atoms with van der Waals surface area (Å²) in [5, 5.41) is 0. The molecule has 1 heterocycles. The molecule has 3 nitrogen and oxygen atoms in total. The molecule has 0 spiro atoms. The standard InChI is InChI=1S/C19H20N2O/c20-13-5-10-19(22)21-14-17-8-2-1-6-15(17)11-12-16-7-3-4-9-18(16)21/h1-4,6-9,11-12H,5,10,13-14,20H2/b12-11-. The third-order valence-electron chi connectivity index (χ3n) is 3.95. The van der Waals surface area contributed by atoms with E-state index in [-0.39, 0.29) is 5.91 Å². The van der Waals surface area contributed by atoms with Crippen molar-refractivity contribution in [1.29, 1.82) is 0 Å². The maximum absolute atomic E-state index is 12.6. The number of nitrogens with zero attached hydrogens (tertiary/aromatic N) is 1. The van der Waals surface area contributed by atoms with E-state index in [1.165, 1.54) is 0 Å². The Kier molecular flexibility index (Phi) is 4.35. The van der Waals surface area contributed by atoms with Gasteiger partial charge in [-0.2, -0.15) is 0 Å². The predicted octanol–water partition coefficient (Wildman–Crippen LogP) is 3.44. The van der Waals surface area contributed by atoms with Gasteiger partial charge < -0.3 is 10.6 Å². The highest BCUT2D eigenvalue weighted by molar-refractivity contribution is 5.97. The molecule has 22 heavy (non-hydrogen) atoms. The number of rotatable bonds is 3. The molecule has 0 saturated heterocycles. The number of carbonyl (C=O) groups excluding carboxylic acids is 1. The molecular weight excluding hydrogens is 272 g/mol. The molecule has 2 N–H and O–H groups in total. The minimum atomic E-state index is 0.128. The maximum Gasteiger partial charge on any atom is 0.227 e. The highest BCUT2D eigenvalue weighted by Crippen LogP contribution is 2.29. The van der Waals surface area contributed by atoms with E-state index in [0.29, 0.717) is 19.5 Å². The second-order valence-corrected chi connectivity index (χ2v) is 5.46. The molecule has 3 heteroatoms. The van der Waals surface area contributed by atoms with Gasteiger partial charge in [-0.1, -0.05) is 54.6 Å². The smallest absolute Gasteiger partial charge is 0.227 e. The number of fused-ring (bicyclic) bond motifs is 2. The molecule has 0 unspecified atom stereocenters. The number of hydrogen-bond donors (Lipinski definition) is 1. The lowest BCUT2D eigenvalue weighted by atomic mass is 10.0. The Balaban J connectivity index is 2.05. The van der Waals surface area contributed by atoms with Gasteiger partial charge in [0, 0.05) is 6.42 Å². The maximum atomic E-state index is 12.6. The van der Waals surface area contributed by atoms with Crippen molar-refractivity contribution in [2.45, 2.75) is 19.4 Å². The summed E-state index contributed by atoms with van der Waals surface area (Å²) in [5.41, 5.74) is 9.91. The molecule has 0 fully saturated rings. The number of benzene rings is 2. The normalized spacial score (nSPS) is 14.5. The highest BCUT2D eigenvalue weighted by atomic mass is 16.2. The number of para-hydroxylation sites is 1. The molecule has 2 aromatic rings. The van der Waals surface area contributed by atoms with Gasteiger partial charge in [-0.05, 0) is 35.7 Å². The van der Waals surface area contributed by atoms with E-state index in [1.807, 2.05) is 41.3 Å². The van der Waals surface area contributed by atoms with Crippen LogP contribution in [0.2, 0.25) is 0 Å². The van der Waals surface area contributed by atoms with E-state index < -0.39 is 0 Å². The molecular formula is C19H20N2O. The van der Waals surface area contributed by atoms with Gasteiger partial charge in [-0.25, -0.2) is 0 Å². The van der Waals surface area contributed by atoms with Crippen LogP contribution in [0, 0.1) is 0 Å². The first-order chi connectivity index (χ1) is 10.8. The van der Waals surface area contributed by atoms with Crippen LogP contribution in [0.25, 0.3) is 12.2 Å². The van der Waals surface area contributed by atoms with Gasteiger partial charge in [-0.15, -0.1) is 0 Å². The van der Waals surface area contributed by atoms with Crippen molar-refractivity contribution in [3.8, 4) is 0 Å². The zero-order valence-corrected chi connectivity index (χ0v) is 12.5. The third kappa shape index (κ3) is 2.95. The summed E-state index contributed by atoms with van der Waals surface area (Å²) in [6.45, 7) is 1.14. The molecule has 0 radical (unpaired) electrons. The summed E-state index contributed by atoms with van der Waals surface area (Å²) in [4.78, 5) is 14.5. The van der Waals surface area contributed by atoms with Crippen molar-refractivity contribution in [1.82, 2.24) is 0 Å². The average molecular weight is 292 g/mol. The SMILES string of the molecule is NCCCC(=O)N1Cc2ccccc2/C=C\c2ccccc21. The van der Waals surface area contributed by atoms with Crippen LogP contribution in [0.4, 0.5) is 5.69 Å². The molecule has 1 amide bonds. The van der Waals surface area contributed by atoms with Crippen molar-refractivity contribution in [2.24, 2.45) is 5.73 Å². The largest absolute Gasteiger partial charge is 0.330 e. The van der Waals surface area contributed by atoms with E-state index in [9.17, 15) is 4.79 Å². The molecule has 0 atom stereocenters. The Labute approximate surface area is 131 Å². The zero-order valence-electron chi connectivity index (χ0n) is 12.5. The Morgan fingerprint density at radius 3 is 2.50 bits per heavy atom. The summed E-state index contributed by atoms with van der Waals surface area (Å²) in [6.07, 6.45) is 5.40. The summed E-state index contributed by atoms with van der Waals surface area (Å²) < 4.78 is 0. The number of anilines is 1. The van der Waals surface area contributed by atoms with Crippen LogP contribution < -0.4 is 10.6 Å². The Morgan fingerprint density at radius 1 is 1.00 bits per heavy atom. The molecule has 1 aliphatic rings. The van der Waals surface area contributed by atoms with Gasteiger partial charge >= 0.3 is 0 Å². The van der Waals surface area contributed by atoms with E-state index in [1.54, 1.807) is 0 Å². The minimum Gasteiger partial charge on any atom is -0.330 e. The number of hydrogen-bond acceptors (Lipinski definition) is 2. The number of carbonyl (C=O) groups is 1. The van der Waals surface area contributed by atoms with E-state index >= 15 is 0 Å². The van der Waals surface area contributed by atoms with Crippen LogP contribution in [0.15, 0.2) is 48.5 Å². The van der Waals surface area contributed by atoms with E-state index in [2.05, 4.69) is 24.3 Å². The average Bonchev–Trinajstić information content (AvgIpc) is 2.55. The van der Waals surface area contributed by atoms with Crippen molar-refractivity contribution < 1.29 is 4.79 Å². The van der Waals surface area contributed by atoms with Gasteiger partial charge in [0.2, 0.25) is 5.91 Å². The second kappa shape index (κ2) is 6.58. The van der Waals surface area contributed by atoms with E-state index in [0.717, 1.165) is 28.8 Å². The van der Waals surface area contributed by atoms with Crippen molar-refractivity contribution in [3.63, 3.8) is 0 Å². The van der Waals surface area contributed by atoms with Crippen LogP contribution in [0.3, 0.4) is 0 Å². The van der Waals surface area contributed by atoms with Crippen molar-refractivity contribution in [3.05, 3.63) is 65.2 Å². The predicted molar refractivity (Wildman–Crippen MR) is 91.3 cm³/mol.